The second-order valence-electron chi connectivity index (χ2n) is 4.73. The van der Waals surface area contributed by atoms with Crippen molar-refractivity contribution in [3.8, 4) is 6.07 Å². The number of hydrogen-bond acceptors (Lipinski definition) is 2. The lowest BCUT2D eigenvalue weighted by Crippen LogP contribution is -2.03. The molecule has 0 fully saturated rings. The van der Waals surface area contributed by atoms with Crippen molar-refractivity contribution >= 4 is 22.5 Å². The van der Waals surface area contributed by atoms with Gasteiger partial charge in [-0.25, -0.2) is 0 Å². The van der Waals surface area contributed by atoms with Crippen molar-refractivity contribution in [3.63, 3.8) is 0 Å². The van der Waals surface area contributed by atoms with Crippen LogP contribution < -0.4 is 0 Å². The molecule has 4 heteroatoms. The van der Waals surface area contributed by atoms with Gasteiger partial charge in [0.1, 0.15) is 0 Å². The molecule has 0 aliphatic rings. The first kappa shape index (κ1) is 18.0. The SMILES string of the molecule is C=C(Cl)/C(Cn1cc2ccc(C#N)cc2n1)=C(\C)CC.CC. The second-order valence-corrected chi connectivity index (χ2v) is 5.19. The van der Waals surface area contributed by atoms with Crippen LogP contribution in [0.4, 0.5) is 0 Å². The van der Waals surface area contributed by atoms with Crippen molar-refractivity contribution in [2.24, 2.45) is 0 Å². The fourth-order valence-corrected chi connectivity index (χ4v) is 2.27. The number of allylic oxidation sites excluding steroid dienone is 3. The van der Waals surface area contributed by atoms with Gasteiger partial charge in [-0.2, -0.15) is 10.4 Å². The fourth-order valence-electron chi connectivity index (χ4n) is 2.05. The van der Waals surface area contributed by atoms with Crippen LogP contribution in [-0.4, -0.2) is 9.78 Å². The number of nitriles is 1. The summed E-state index contributed by atoms with van der Waals surface area (Å²) in [5.41, 5.74) is 3.66. The first-order chi connectivity index (χ1) is 10.5. The third kappa shape index (κ3) is 4.22. The standard InChI is InChI=1S/C16H16ClN3.C2H6/c1-4-11(2)15(12(3)17)10-20-9-14-6-5-13(8-18)7-16(14)19-20;1-2/h5-7,9H,3-4,10H2,1-2H3;1-2H3/b15-11+;. The molecule has 0 radical (unpaired) electrons. The first-order valence-electron chi connectivity index (χ1n) is 7.46. The Morgan fingerprint density at radius 3 is 2.64 bits per heavy atom. The van der Waals surface area contributed by atoms with Crippen LogP contribution in [0.2, 0.25) is 0 Å². The maximum atomic E-state index is 8.91. The number of rotatable bonds is 4. The van der Waals surface area contributed by atoms with Gasteiger partial charge in [0.15, 0.2) is 0 Å². The highest BCUT2D eigenvalue weighted by Gasteiger charge is 2.08. The molecule has 3 nitrogen and oxygen atoms in total. The van der Waals surface area contributed by atoms with E-state index >= 15 is 0 Å². The van der Waals surface area contributed by atoms with Crippen molar-refractivity contribution in [1.29, 1.82) is 5.26 Å². The van der Waals surface area contributed by atoms with Crippen molar-refractivity contribution in [1.82, 2.24) is 9.78 Å². The summed E-state index contributed by atoms with van der Waals surface area (Å²) < 4.78 is 1.84. The van der Waals surface area contributed by atoms with Gasteiger partial charge in [0.2, 0.25) is 0 Å². The van der Waals surface area contributed by atoms with Crippen LogP contribution in [0.1, 0.15) is 39.7 Å². The summed E-state index contributed by atoms with van der Waals surface area (Å²) in [5, 5.41) is 15.0. The minimum Gasteiger partial charge on any atom is -0.267 e. The van der Waals surface area contributed by atoms with Crippen LogP contribution in [-0.2, 0) is 6.54 Å². The number of halogens is 1. The summed E-state index contributed by atoms with van der Waals surface area (Å²) >= 11 is 6.08. The highest BCUT2D eigenvalue weighted by atomic mass is 35.5. The molecule has 0 atom stereocenters. The monoisotopic (exact) mass is 315 g/mol. The molecule has 0 aliphatic heterocycles. The smallest absolute Gasteiger partial charge is 0.0992 e. The van der Waals surface area contributed by atoms with Gasteiger partial charge < -0.3 is 0 Å². The van der Waals surface area contributed by atoms with Gasteiger partial charge in [0.05, 0.1) is 23.7 Å². The molecule has 0 bridgehead atoms. The van der Waals surface area contributed by atoms with Gasteiger partial charge in [-0.15, -0.1) is 0 Å². The Morgan fingerprint density at radius 1 is 1.41 bits per heavy atom. The van der Waals surface area contributed by atoms with Crippen LogP contribution in [0.5, 0.6) is 0 Å². The van der Waals surface area contributed by atoms with E-state index in [1.165, 1.54) is 5.57 Å². The Labute approximate surface area is 137 Å². The molecule has 0 aliphatic carbocycles. The molecule has 0 spiro atoms. The van der Waals surface area contributed by atoms with Crippen molar-refractivity contribution < 1.29 is 0 Å². The molecule has 0 N–H and O–H groups in total. The molecule has 22 heavy (non-hydrogen) atoms. The van der Waals surface area contributed by atoms with E-state index in [0.717, 1.165) is 22.9 Å². The Balaban J connectivity index is 0.00000116. The minimum absolute atomic E-state index is 0.557. The van der Waals surface area contributed by atoms with Gasteiger partial charge in [-0.3, -0.25) is 4.68 Å². The Hall–Kier alpha value is -2.05. The van der Waals surface area contributed by atoms with Gasteiger partial charge >= 0.3 is 0 Å². The zero-order valence-corrected chi connectivity index (χ0v) is 14.4. The molecule has 2 aromatic rings. The molecule has 2 rings (SSSR count). The number of hydrogen-bond donors (Lipinski definition) is 0. The lowest BCUT2D eigenvalue weighted by Gasteiger charge is -2.09. The maximum absolute atomic E-state index is 8.91. The van der Waals surface area contributed by atoms with Crippen LogP contribution in [0.3, 0.4) is 0 Å². The molecule has 116 valence electrons. The highest BCUT2D eigenvalue weighted by molar-refractivity contribution is 6.31. The van der Waals surface area contributed by atoms with Gasteiger partial charge in [-0.1, -0.05) is 44.5 Å². The highest BCUT2D eigenvalue weighted by Crippen LogP contribution is 2.22. The summed E-state index contributed by atoms with van der Waals surface area (Å²) in [6, 6.07) is 7.61. The second kappa shape index (κ2) is 8.41. The van der Waals surface area contributed by atoms with Crippen molar-refractivity contribution in [3.05, 3.63) is 52.7 Å². The van der Waals surface area contributed by atoms with E-state index in [-0.39, 0.29) is 0 Å². The van der Waals surface area contributed by atoms with E-state index in [4.69, 9.17) is 16.9 Å². The summed E-state index contributed by atoms with van der Waals surface area (Å²) in [5.74, 6) is 0. The predicted octanol–water partition coefficient (Wildman–Crippen LogP) is 5.41. The van der Waals surface area contributed by atoms with Crippen LogP contribution >= 0.6 is 11.6 Å². The van der Waals surface area contributed by atoms with E-state index in [9.17, 15) is 0 Å². The number of nitrogens with zero attached hydrogens (tertiary/aromatic N) is 3. The summed E-state index contributed by atoms with van der Waals surface area (Å²) in [7, 11) is 0. The lowest BCUT2D eigenvalue weighted by molar-refractivity contribution is 0.686. The van der Waals surface area contributed by atoms with E-state index in [2.05, 4.69) is 31.6 Å². The third-order valence-corrected chi connectivity index (χ3v) is 3.61. The van der Waals surface area contributed by atoms with Crippen LogP contribution in [0.25, 0.3) is 10.9 Å². The van der Waals surface area contributed by atoms with Crippen LogP contribution in [0.15, 0.2) is 47.2 Å². The largest absolute Gasteiger partial charge is 0.267 e. The quantitative estimate of drug-likeness (QED) is 0.707. The summed E-state index contributed by atoms with van der Waals surface area (Å²) in [6.07, 6.45) is 2.89. The molecule has 0 saturated heterocycles. The Bertz CT molecular complexity index is 732. The normalized spacial score (nSPS) is 11.3. The van der Waals surface area contributed by atoms with Crippen molar-refractivity contribution in [2.75, 3.05) is 0 Å². The Kier molecular flexibility index (Phi) is 6.88. The number of fused-ring (bicyclic) bond motifs is 1. The summed E-state index contributed by atoms with van der Waals surface area (Å²) in [4.78, 5) is 0. The van der Waals surface area contributed by atoms with E-state index in [1.807, 2.05) is 30.8 Å². The van der Waals surface area contributed by atoms with E-state index in [0.29, 0.717) is 17.1 Å². The maximum Gasteiger partial charge on any atom is 0.0992 e. The minimum atomic E-state index is 0.557. The molecule has 1 heterocycles. The van der Waals surface area contributed by atoms with Gasteiger partial charge in [0, 0.05) is 16.6 Å². The summed E-state index contributed by atoms with van der Waals surface area (Å²) in [6.45, 7) is 12.6. The van der Waals surface area contributed by atoms with Gasteiger partial charge in [0.25, 0.3) is 0 Å². The van der Waals surface area contributed by atoms with Gasteiger partial charge in [-0.05, 0) is 37.1 Å². The first-order valence-corrected chi connectivity index (χ1v) is 7.83. The van der Waals surface area contributed by atoms with Crippen molar-refractivity contribution in [2.45, 2.75) is 40.7 Å². The zero-order chi connectivity index (χ0) is 16.7. The molecule has 1 aromatic heterocycles. The fraction of sp³-hybridized carbons (Fsp3) is 0.333. The Morgan fingerprint density at radius 2 is 2.09 bits per heavy atom. The molecule has 1 aromatic carbocycles. The topological polar surface area (TPSA) is 41.6 Å². The molecule has 0 saturated carbocycles. The number of benzene rings is 1. The lowest BCUT2D eigenvalue weighted by atomic mass is 10.1. The number of aromatic nitrogens is 2. The molecule has 0 unspecified atom stereocenters. The van der Waals surface area contributed by atoms with E-state index in [1.54, 1.807) is 12.1 Å². The third-order valence-electron chi connectivity index (χ3n) is 3.38. The molecular formula is C18H22ClN3. The molecule has 0 amide bonds. The predicted molar refractivity (Wildman–Crippen MR) is 93.8 cm³/mol. The molecular weight excluding hydrogens is 294 g/mol. The average Bonchev–Trinajstić information content (AvgIpc) is 2.94. The van der Waals surface area contributed by atoms with Crippen LogP contribution in [0, 0.1) is 11.3 Å². The van der Waals surface area contributed by atoms with E-state index < -0.39 is 0 Å². The zero-order valence-electron chi connectivity index (χ0n) is 13.7. The average molecular weight is 316 g/mol.